The van der Waals surface area contributed by atoms with Crippen LogP contribution in [-0.4, -0.2) is 32.8 Å². The topological polar surface area (TPSA) is 103 Å². The fraction of sp³-hybridized carbons (Fsp3) is 0.556. The van der Waals surface area contributed by atoms with E-state index in [2.05, 4.69) is 15.4 Å². The molecule has 0 bridgehead atoms. The maximum Gasteiger partial charge on any atom is 0.277 e. The number of hydrogen-bond acceptors (Lipinski definition) is 6. The van der Waals surface area contributed by atoms with E-state index in [1.54, 1.807) is 14.0 Å². The molecule has 2 rings (SSSR count). The predicted octanol–water partition coefficient (Wildman–Crippen LogP) is 2.08. The van der Waals surface area contributed by atoms with Crippen molar-refractivity contribution in [2.75, 3.05) is 6.54 Å². The Morgan fingerprint density at radius 1 is 1.23 bits per heavy atom. The van der Waals surface area contributed by atoms with Gasteiger partial charge in [-0.2, -0.15) is 5.10 Å². The Morgan fingerprint density at radius 3 is 2.38 bits per heavy atom. The van der Waals surface area contributed by atoms with Crippen molar-refractivity contribution in [3.05, 3.63) is 32.2 Å². The van der Waals surface area contributed by atoms with E-state index in [1.165, 1.54) is 16.0 Å². The van der Waals surface area contributed by atoms with Gasteiger partial charge in [-0.1, -0.05) is 13.8 Å². The highest BCUT2D eigenvalue weighted by molar-refractivity contribution is 7.17. The van der Waals surface area contributed by atoms with Gasteiger partial charge in [0.15, 0.2) is 0 Å². The zero-order valence-corrected chi connectivity index (χ0v) is 17.1. The third-order valence-electron chi connectivity index (χ3n) is 5.07. The molecule has 142 valence electrons. The Morgan fingerprint density at radius 2 is 1.85 bits per heavy atom. The van der Waals surface area contributed by atoms with Crippen LogP contribution in [0.4, 0.5) is 0 Å². The number of nitrogens with zero attached hydrogens (tertiary/aromatic N) is 3. The molecule has 8 heteroatoms. The number of nitrogens with two attached hydrogens (primary N) is 1. The minimum atomic E-state index is -0.424. The summed E-state index contributed by atoms with van der Waals surface area (Å²) in [6, 6.07) is 0. The summed E-state index contributed by atoms with van der Waals surface area (Å²) in [5.74, 6) is -0.194. The molecule has 7 nitrogen and oxygen atoms in total. The van der Waals surface area contributed by atoms with E-state index in [0.29, 0.717) is 27.7 Å². The molecule has 2 aromatic heterocycles. The average Bonchev–Trinajstić information content (AvgIpc) is 2.99. The SMILES string of the molecule is CCC(CC)(CN)NC(=O)c1sc(-c2c(C)c(C)nn(C)c2=O)nc1C. The Hall–Kier alpha value is -2.06. The molecule has 0 saturated heterocycles. The number of aromatic nitrogens is 3. The number of thiazole rings is 1. The highest BCUT2D eigenvalue weighted by Crippen LogP contribution is 2.29. The molecule has 0 aliphatic carbocycles. The summed E-state index contributed by atoms with van der Waals surface area (Å²) in [5.41, 5.74) is 7.90. The van der Waals surface area contributed by atoms with Gasteiger partial charge in [-0.3, -0.25) is 9.59 Å². The van der Waals surface area contributed by atoms with Crippen molar-refractivity contribution in [1.29, 1.82) is 0 Å². The van der Waals surface area contributed by atoms with Crippen LogP contribution in [0.5, 0.6) is 0 Å². The number of nitrogens with one attached hydrogen (secondary N) is 1. The van der Waals surface area contributed by atoms with Gasteiger partial charge < -0.3 is 11.1 Å². The lowest BCUT2D eigenvalue weighted by Crippen LogP contribution is -2.52. The van der Waals surface area contributed by atoms with Crippen LogP contribution in [0.15, 0.2) is 4.79 Å². The minimum Gasteiger partial charge on any atom is -0.345 e. The Kier molecular flexibility index (Phi) is 5.98. The van der Waals surface area contributed by atoms with Crippen molar-refractivity contribution in [2.45, 2.75) is 53.0 Å². The fourth-order valence-corrected chi connectivity index (χ4v) is 3.93. The van der Waals surface area contributed by atoms with Gasteiger partial charge >= 0.3 is 0 Å². The van der Waals surface area contributed by atoms with Crippen LogP contribution < -0.4 is 16.6 Å². The molecule has 0 fully saturated rings. The average molecular weight is 378 g/mol. The van der Waals surface area contributed by atoms with Gasteiger partial charge in [0.1, 0.15) is 9.88 Å². The Balaban J connectivity index is 2.48. The number of carbonyl (C=O) groups excluding carboxylic acids is 1. The van der Waals surface area contributed by atoms with Crippen molar-refractivity contribution in [1.82, 2.24) is 20.1 Å². The molecule has 1 amide bonds. The number of rotatable bonds is 6. The van der Waals surface area contributed by atoms with Crippen LogP contribution in [0.2, 0.25) is 0 Å². The molecule has 0 saturated carbocycles. The zero-order chi connectivity index (χ0) is 19.6. The van der Waals surface area contributed by atoms with Crippen LogP contribution in [0.25, 0.3) is 10.6 Å². The first kappa shape index (κ1) is 20.3. The summed E-state index contributed by atoms with van der Waals surface area (Å²) in [7, 11) is 1.62. The molecule has 0 aliphatic rings. The lowest BCUT2D eigenvalue weighted by molar-refractivity contribution is 0.0898. The molecule has 0 aromatic carbocycles. The lowest BCUT2D eigenvalue weighted by Gasteiger charge is -2.31. The first-order valence-electron chi connectivity index (χ1n) is 8.74. The summed E-state index contributed by atoms with van der Waals surface area (Å²) in [6.07, 6.45) is 1.50. The van der Waals surface area contributed by atoms with Crippen LogP contribution in [-0.2, 0) is 7.05 Å². The van der Waals surface area contributed by atoms with Crippen molar-refractivity contribution in [2.24, 2.45) is 12.8 Å². The third kappa shape index (κ3) is 3.57. The highest BCUT2D eigenvalue weighted by atomic mass is 32.1. The largest absolute Gasteiger partial charge is 0.345 e. The number of aryl methyl sites for hydroxylation is 3. The maximum absolute atomic E-state index is 12.8. The summed E-state index contributed by atoms with van der Waals surface area (Å²) in [6.45, 7) is 9.88. The molecule has 26 heavy (non-hydrogen) atoms. The van der Waals surface area contributed by atoms with Gasteiger partial charge in [0.25, 0.3) is 11.5 Å². The highest BCUT2D eigenvalue weighted by Gasteiger charge is 2.29. The normalized spacial score (nSPS) is 11.7. The second-order valence-electron chi connectivity index (χ2n) is 6.59. The molecular formula is C18H27N5O2S. The number of amides is 1. The van der Waals surface area contributed by atoms with E-state index < -0.39 is 5.54 Å². The third-order valence-corrected chi connectivity index (χ3v) is 6.24. The van der Waals surface area contributed by atoms with Crippen LogP contribution in [0, 0.1) is 20.8 Å². The Bertz CT molecular complexity index is 872. The number of hydrogen-bond donors (Lipinski definition) is 2. The standard InChI is InChI=1S/C18H27N5O2S/c1-7-18(8-2,9-19)21-15(24)14-12(5)20-16(26-14)13-10(3)11(4)22-23(6)17(13)25/h7-9,19H2,1-6H3,(H,21,24). The number of carbonyl (C=O) groups is 1. The van der Waals surface area contributed by atoms with Gasteiger partial charge in [0.05, 0.1) is 22.5 Å². The van der Waals surface area contributed by atoms with E-state index >= 15 is 0 Å². The molecular weight excluding hydrogens is 350 g/mol. The van der Waals surface area contributed by atoms with E-state index in [-0.39, 0.29) is 11.5 Å². The summed E-state index contributed by atoms with van der Waals surface area (Å²) >= 11 is 1.23. The quantitative estimate of drug-likeness (QED) is 0.802. The van der Waals surface area contributed by atoms with Crippen molar-refractivity contribution in [3.63, 3.8) is 0 Å². The van der Waals surface area contributed by atoms with Gasteiger partial charge in [-0.15, -0.1) is 11.3 Å². The predicted molar refractivity (Wildman–Crippen MR) is 105 cm³/mol. The van der Waals surface area contributed by atoms with Crippen LogP contribution in [0.1, 0.15) is 53.3 Å². The van der Waals surface area contributed by atoms with E-state index in [1.807, 2.05) is 27.7 Å². The summed E-state index contributed by atoms with van der Waals surface area (Å²) in [4.78, 5) is 30.4. The van der Waals surface area contributed by atoms with Crippen LogP contribution >= 0.6 is 11.3 Å². The van der Waals surface area contributed by atoms with E-state index in [0.717, 1.165) is 24.1 Å². The molecule has 0 spiro atoms. The van der Waals surface area contributed by atoms with Crippen molar-refractivity contribution < 1.29 is 4.79 Å². The van der Waals surface area contributed by atoms with Crippen molar-refractivity contribution in [3.8, 4) is 10.6 Å². The maximum atomic E-state index is 12.8. The molecule has 0 unspecified atom stereocenters. The minimum absolute atomic E-state index is 0.194. The smallest absolute Gasteiger partial charge is 0.277 e. The molecule has 0 radical (unpaired) electrons. The Labute approximate surface area is 157 Å². The van der Waals surface area contributed by atoms with Gasteiger partial charge in [0, 0.05) is 13.6 Å². The van der Waals surface area contributed by atoms with Crippen molar-refractivity contribution >= 4 is 17.2 Å². The molecule has 2 aromatic rings. The fourth-order valence-electron chi connectivity index (χ4n) is 2.88. The first-order chi connectivity index (χ1) is 12.2. The second kappa shape index (κ2) is 7.67. The van der Waals surface area contributed by atoms with Gasteiger partial charge in [-0.25, -0.2) is 9.67 Å². The van der Waals surface area contributed by atoms with Crippen LogP contribution in [0.3, 0.4) is 0 Å². The van der Waals surface area contributed by atoms with E-state index in [4.69, 9.17) is 5.73 Å². The first-order valence-corrected chi connectivity index (χ1v) is 9.56. The molecule has 0 atom stereocenters. The summed E-state index contributed by atoms with van der Waals surface area (Å²) in [5, 5.41) is 7.80. The molecule has 0 aliphatic heterocycles. The summed E-state index contributed by atoms with van der Waals surface area (Å²) < 4.78 is 1.31. The monoisotopic (exact) mass is 377 g/mol. The van der Waals surface area contributed by atoms with E-state index in [9.17, 15) is 9.59 Å². The second-order valence-corrected chi connectivity index (χ2v) is 7.59. The molecule has 2 heterocycles. The van der Waals surface area contributed by atoms with Gasteiger partial charge in [0.2, 0.25) is 0 Å². The zero-order valence-electron chi connectivity index (χ0n) is 16.3. The van der Waals surface area contributed by atoms with Gasteiger partial charge in [-0.05, 0) is 39.2 Å². The molecule has 3 N–H and O–H groups in total. The lowest BCUT2D eigenvalue weighted by atomic mass is 9.93.